The lowest BCUT2D eigenvalue weighted by Gasteiger charge is -2.02. The molecule has 0 radical (unpaired) electrons. The van der Waals surface area contributed by atoms with Crippen molar-refractivity contribution in [1.82, 2.24) is 0 Å². The molecular weight excluding hydrogens is 128 g/mol. The van der Waals surface area contributed by atoms with Crippen LogP contribution in [0.4, 0.5) is 0 Å². The third-order valence-electron chi connectivity index (χ3n) is 2.36. The van der Waals surface area contributed by atoms with Crippen LogP contribution in [-0.2, 0) is 4.79 Å². The second-order valence-corrected chi connectivity index (χ2v) is 3.06. The summed E-state index contributed by atoms with van der Waals surface area (Å²) in [5.74, 6) is 0.768. The first-order chi connectivity index (χ1) is 4.77. The van der Waals surface area contributed by atoms with Crippen LogP contribution in [-0.4, -0.2) is 17.5 Å². The Morgan fingerprint density at radius 1 is 1.70 bits per heavy atom. The number of aliphatic hydroxyl groups excluding tert-OH is 1. The van der Waals surface area contributed by atoms with Gasteiger partial charge in [-0.25, -0.2) is 0 Å². The van der Waals surface area contributed by atoms with E-state index in [4.69, 9.17) is 5.11 Å². The molecule has 58 valence electrons. The van der Waals surface area contributed by atoms with E-state index < -0.39 is 0 Å². The van der Waals surface area contributed by atoms with E-state index in [9.17, 15) is 4.79 Å². The van der Waals surface area contributed by atoms with Gasteiger partial charge in [0.05, 0.1) is 6.61 Å². The molecule has 2 unspecified atom stereocenters. The zero-order valence-corrected chi connectivity index (χ0v) is 6.34. The Labute approximate surface area is 61.2 Å². The fourth-order valence-electron chi connectivity index (χ4n) is 1.56. The molecule has 0 heterocycles. The maximum absolute atomic E-state index is 11.0. The molecule has 1 aliphatic carbocycles. The largest absolute Gasteiger partial charge is 0.396 e. The van der Waals surface area contributed by atoms with Gasteiger partial charge in [0.15, 0.2) is 0 Å². The van der Waals surface area contributed by atoms with Gasteiger partial charge in [-0.1, -0.05) is 13.3 Å². The number of carbonyl (C=O) groups is 1. The molecular formula is C8H14O2. The molecule has 2 heteroatoms. The summed E-state index contributed by atoms with van der Waals surface area (Å²) in [6, 6.07) is 0. The molecule has 1 aliphatic rings. The van der Waals surface area contributed by atoms with Crippen LogP contribution >= 0.6 is 0 Å². The topological polar surface area (TPSA) is 37.3 Å². The SMILES string of the molecule is CCC1CC(=O)C(CO)C1. The monoisotopic (exact) mass is 142 g/mol. The van der Waals surface area contributed by atoms with Crippen molar-refractivity contribution in [1.29, 1.82) is 0 Å². The number of Topliss-reactive ketones (excluding diaryl/α,β-unsaturated/α-hetero) is 1. The average Bonchev–Trinajstić information content (AvgIpc) is 2.30. The van der Waals surface area contributed by atoms with Gasteiger partial charge < -0.3 is 5.11 Å². The van der Waals surface area contributed by atoms with Gasteiger partial charge in [0, 0.05) is 12.3 Å². The number of hydrogen-bond acceptors (Lipinski definition) is 2. The lowest BCUT2D eigenvalue weighted by molar-refractivity contribution is -0.121. The summed E-state index contributed by atoms with van der Waals surface area (Å²) in [6.45, 7) is 2.15. The molecule has 0 saturated heterocycles. The minimum absolute atomic E-state index is 0.0371. The Morgan fingerprint density at radius 3 is 2.70 bits per heavy atom. The summed E-state index contributed by atoms with van der Waals surface area (Å²) in [4.78, 5) is 11.0. The number of carbonyl (C=O) groups excluding carboxylic acids is 1. The van der Waals surface area contributed by atoms with Crippen LogP contribution in [0.1, 0.15) is 26.2 Å². The van der Waals surface area contributed by atoms with Crippen LogP contribution in [0.3, 0.4) is 0 Å². The average molecular weight is 142 g/mol. The van der Waals surface area contributed by atoms with Gasteiger partial charge in [-0.15, -0.1) is 0 Å². The van der Waals surface area contributed by atoms with Crippen molar-refractivity contribution in [3.8, 4) is 0 Å². The van der Waals surface area contributed by atoms with Crippen molar-refractivity contribution in [2.45, 2.75) is 26.2 Å². The van der Waals surface area contributed by atoms with E-state index in [1.165, 1.54) is 0 Å². The predicted octanol–water partition coefficient (Wildman–Crippen LogP) is 0.984. The zero-order chi connectivity index (χ0) is 7.56. The molecule has 2 atom stereocenters. The van der Waals surface area contributed by atoms with Crippen LogP contribution in [0.2, 0.25) is 0 Å². The molecule has 1 saturated carbocycles. The standard InChI is InChI=1S/C8H14O2/c1-2-6-3-7(5-9)8(10)4-6/h6-7,9H,2-5H2,1H3. The summed E-state index contributed by atoms with van der Waals surface area (Å²) < 4.78 is 0. The molecule has 0 aromatic heterocycles. The highest BCUT2D eigenvalue weighted by molar-refractivity contribution is 5.83. The third-order valence-corrected chi connectivity index (χ3v) is 2.36. The van der Waals surface area contributed by atoms with E-state index in [2.05, 4.69) is 6.92 Å². The second-order valence-electron chi connectivity index (χ2n) is 3.06. The summed E-state index contributed by atoms with van der Waals surface area (Å²) in [5, 5.41) is 8.73. The van der Waals surface area contributed by atoms with E-state index in [1.807, 2.05) is 0 Å². The minimum atomic E-state index is -0.0371. The highest BCUT2D eigenvalue weighted by atomic mass is 16.3. The molecule has 0 bridgehead atoms. The van der Waals surface area contributed by atoms with Crippen molar-refractivity contribution in [3.05, 3.63) is 0 Å². The van der Waals surface area contributed by atoms with E-state index in [0.29, 0.717) is 12.3 Å². The highest BCUT2D eigenvalue weighted by Crippen LogP contribution is 2.29. The Morgan fingerprint density at radius 2 is 2.40 bits per heavy atom. The van der Waals surface area contributed by atoms with Crippen LogP contribution < -0.4 is 0 Å². The molecule has 0 aromatic carbocycles. The number of rotatable bonds is 2. The first-order valence-electron chi connectivity index (χ1n) is 3.91. The summed E-state index contributed by atoms with van der Waals surface area (Å²) >= 11 is 0. The summed E-state index contributed by atoms with van der Waals surface area (Å²) in [5.41, 5.74) is 0. The smallest absolute Gasteiger partial charge is 0.138 e. The van der Waals surface area contributed by atoms with Crippen molar-refractivity contribution >= 4 is 5.78 Å². The van der Waals surface area contributed by atoms with Crippen molar-refractivity contribution in [2.24, 2.45) is 11.8 Å². The van der Waals surface area contributed by atoms with Gasteiger partial charge >= 0.3 is 0 Å². The first kappa shape index (κ1) is 7.73. The maximum atomic E-state index is 11.0. The van der Waals surface area contributed by atoms with E-state index in [1.54, 1.807) is 0 Å². The molecule has 2 nitrogen and oxygen atoms in total. The quantitative estimate of drug-likeness (QED) is 0.624. The van der Waals surface area contributed by atoms with Gasteiger partial charge in [0.25, 0.3) is 0 Å². The van der Waals surface area contributed by atoms with Gasteiger partial charge in [-0.2, -0.15) is 0 Å². The van der Waals surface area contributed by atoms with Crippen molar-refractivity contribution in [3.63, 3.8) is 0 Å². The molecule has 1 N–H and O–H groups in total. The molecule has 0 amide bonds. The second kappa shape index (κ2) is 3.15. The lowest BCUT2D eigenvalue weighted by Crippen LogP contribution is -2.09. The van der Waals surface area contributed by atoms with E-state index >= 15 is 0 Å². The van der Waals surface area contributed by atoms with Crippen molar-refractivity contribution in [2.75, 3.05) is 6.61 Å². The Hall–Kier alpha value is -0.370. The van der Waals surface area contributed by atoms with Gasteiger partial charge in [-0.3, -0.25) is 4.79 Å². The lowest BCUT2D eigenvalue weighted by atomic mass is 10.0. The molecule has 1 rings (SSSR count). The Kier molecular flexibility index (Phi) is 2.44. The normalized spacial score (nSPS) is 33.2. The van der Waals surface area contributed by atoms with E-state index in [0.717, 1.165) is 12.8 Å². The van der Waals surface area contributed by atoms with Crippen LogP contribution in [0.15, 0.2) is 0 Å². The third kappa shape index (κ3) is 1.37. The molecule has 10 heavy (non-hydrogen) atoms. The summed E-state index contributed by atoms with van der Waals surface area (Å²) in [6.07, 6.45) is 2.68. The van der Waals surface area contributed by atoms with Crippen LogP contribution in [0.25, 0.3) is 0 Å². The van der Waals surface area contributed by atoms with Gasteiger partial charge in [0.1, 0.15) is 5.78 Å². The van der Waals surface area contributed by atoms with Crippen molar-refractivity contribution < 1.29 is 9.90 Å². The minimum Gasteiger partial charge on any atom is -0.396 e. The van der Waals surface area contributed by atoms with E-state index in [-0.39, 0.29) is 18.3 Å². The van der Waals surface area contributed by atoms with Crippen LogP contribution in [0.5, 0.6) is 0 Å². The van der Waals surface area contributed by atoms with Gasteiger partial charge in [-0.05, 0) is 12.3 Å². The van der Waals surface area contributed by atoms with Crippen LogP contribution in [0, 0.1) is 11.8 Å². The first-order valence-corrected chi connectivity index (χ1v) is 3.91. The Balaban J connectivity index is 2.44. The highest BCUT2D eigenvalue weighted by Gasteiger charge is 2.30. The number of ketones is 1. The fraction of sp³-hybridized carbons (Fsp3) is 0.875. The van der Waals surface area contributed by atoms with Gasteiger partial charge in [0.2, 0.25) is 0 Å². The number of aliphatic hydroxyl groups is 1. The molecule has 0 aromatic rings. The summed E-state index contributed by atoms with van der Waals surface area (Å²) in [7, 11) is 0. The predicted molar refractivity (Wildman–Crippen MR) is 38.6 cm³/mol. The Bertz CT molecular complexity index is 131. The molecule has 0 spiro atoms. The maximum Gasteiger partial charge on any atom is 0.138 e. The zero-order valence-electron chi connectivity index (χ0n) is 6.34. The fourth-order valence-corrected chi connectivity index (χ4v) is 1.56. The number of hydrogen-bond donors (Lipinski definition) is 1. The molecule has 0 aliphatic heterocycles. The molecule has 1 fully saturated rings.